The summed E-state index contributed by atoms with van der Waals surface area (Å²) in [6.07, 6.45) is 0.991. The second kappa shape index (κ2) is 6.04. The van der Waals surface area contributed by atoms with Crippen molar-refractivity contribution in [3.05, 3.63) is 34.5 Å². The first-order valence-electron chi connectivity index (χ1n) is 7.16. The largest absolute Gasteiger partial charge is 0.450 e. The predicted octanol–water partition coefficient (Wildman–Crippen LogP) is 2.70. The second-order valence-corrected chi connectivity index (χ2v) is 5.75. The smallest absolute Gasteiger partial charge is 0.375 e. The van der Waals surface area contributed by atoms with Crippen molar-refractivity contribution in [3.8, 4) is 0 Å². The molecule has 0 spiro atoms. The quantitative estimate of drug-likeness (QED) is 0.806. The van der Waals surface area contributed by atoms with E-state index in [-0.39, 0.29) is 11.7 Å². The molecule has 120 valence electrons. The third-order valence-corrected chi connectivity index (χ3v) is 4.02. The Hall–Kier alpha value is -2.34. The average molecular weight is 336 g/mol. The summed E-state index contributed by atoms with van der Waals surface area (Å²) in [7, 11) is 0. The van der Waals surface area contributed by atoms with Crippen LogP contribution in [0.3, 0.4) is 0 Å². The Morgan fingerprint density at radius 3 is 2.87 bits per heavy atom. The van der Waals surface area contributed by atoms with Gasteiger partial charge < -0.3 is 9.15 Å². The van der Waals surface area contributed by atoms with Gasteiger partial charge in [-0.15, -0.1) is 0 Å². The molecule has 0 saturated carbocycles. The molecule has 1 aliphatic rings. The summed E-state index contributed by atoms with van der Waals surface area (Å²) < 4.78 is 10.5. The van der Waals surface area contributed by atoms with E-state index in [4.69, 9.17) is 20.8 Å². The van der Waals surface area contributed by atoms with E-state index in [9.17, 15) is 14.4 Å². The summed E-state index contributed by atoms with van der Waals surface area (Å²) in [4.78, 5) is 36.6. The predicted molar refractivity (Wildman–Crippen MR) is 82.2 cm³/mol. The zero-order valence-corrected chi connectivity index (χ0v) is 13.2. The van der Waals surface area contributed by atoms with Gasteiger partial charge in [0.05, 0.1) is 0 Å². The molecule has 0 bridgehead atoms. The van der Waals surface area contributed by atoms with Crippen LogP contribution in [0.2, 0.25) is 5.02 Å². The Balaban J connectivity index is 1.72. The molecule has 1 aromatic carbocycles. The van der Waals surface area contributed by atoms with E-state index >= 15 is 0 Å². The van der Waals surface area contributed by atoms with Crippen LogP contribution >= 0.6 is 11.6 Å². The third-order valence-electron chi connectivity index (χ3n) is 3.78. The van der Waals surface area contributed by atoms with Crippen molar-refractivity contribution < 1.29 is 23.5 Å². The van der Waals surface area contributed by atoms with Crippen LogP contribution in [-0.2, 0) is 14.3 Å². The van der Waals surface area contributed by atoms with Crippen LogP contribution in [0, 0.1) is 6.92 Å². The fourth-order valence-electron chi connectivity index (χ4n) is 2.57. The highest BCUT2D eigenvalue weighted by Crippen LogP contribution is 2.28. The number of furan rings is 1. The lowest BCUT2D eigenvalue weighted by Gasteiger charge is -2.12. The normalized spacial score (nSPS) is 14.5. The zero-order chi connectivity index (χ0) is 16.6. The number of imide groups is 1. The van der Waals surface area contributed by atoms with Crippen LogP contribution in [-0.4, -0.2) is 35.8 Å². The number of rotatable bonds is 3. The lowest BCUT2D eigenvalue weighted by Crippen LogP contribution is -2.35. The number of esters is 1. The summed E-state index contributed by atoms with van der Waals surface area (Å²) >= 11 is 5.93. The first-order valence-corrected chi connectivity index (χ1v) is 7.54. The highest BCUT2D eigenvalue weighted by Gasteiger charge is 2.28. The van der Waals surface area contributed by atoms with E-state index in [1.807, 2.05) is 0 Å². The summed E-state index contributed by atoms with van der Waals surface area (Å²) in [5.74, 6) is -1.46. The molecule has 1 aliphatic heterocycles. The number of hydrogen-bond acceptors (Lipinski definition) is 5. The highest BCUT2D eigenvalue weighted by molar-refractivity contribution is 6.31. The minimum absolute atomic E-state index is 0.0304. The number of nitrogens with zero attached hydrogens (tertiary/aromatic N) is 1. The molecule has 0 aliphatic carbocycles. The number of likely N-dealkylation sites (tertiary alicyclic amines) is 1. The molecule has 0 N–H and O–H groups in total. The third kappa shape index (κ3) is 2.94. The molecule has 2 heterocycles. The van der Waals surface area contributed by atoms with E-state index in [0.29, 0.717) is 40.9 Å². The molecular formula is C16H14ClNO5. The van der Waals surface area contributed by atoms with Crippen LogP contribution < -0.4 is 0 Å². The molecule has 23 heavy (non-hydrogen) atoms. The van der Waals surface area contributed by atoms with E-state index < -0.39 is 18.5 Å². The first-order chi connectivity index (χ1) is 11.0. The second-order valence-electron chi connectivity index (χ2n) is 5.32. The maximum Gasteiger partial charge on any atom is 0.375 e. The number of amides is 2. The number of halogens is 1. The molecule has 2 amide bonds. The number of hydrogen-bond donors (Lipinski definition) is 0. The van der Waals surface area contributed by atoms with Gasteiger partial charge in [0.25, 0.3) is 5.91 Å². The van der Waals surface area contributed by atoms with Crippen LogP contribution in [0.4, 0.5) is 0 Å². The van der Waals surface area contributed by atoms with Gasteiger partial charge >= 0.3 is 5.97 Å². The van der Waals surface area contributed by atoms with Gasteiger partial charge in [0.15, 0.2) is 6.61 Å². The molecule has 0 unspecified atom stereocenters. The number of aryl methyl sites for hydroxylation is 1. The molecule has 7 heteroatoms. The van der Waals surface area contributed by atoms with Gasteiger partial charge in [0, 0.05) is 28.9 Å². The minimum atomic E-state index is -0.741. The van der Waals surface area contributed by atoms with Crippen LogP contribution in [0.1, 0.15) is 29.0 Å². The van der Waals surface area contributed by atoms with E-state index in [1.54, 1.807) is 25.1 Å². The fourth-order valence-corrected chi connectivity index (χ4v) is 2.74. The Labute approximate surface area is 136 Å². The monoisotopic (exact) mass is 335 g/mol. The van der Waals surface area contributed by atoms with E-state index in [2.05, 4.69) is 0 Å². The standard InChI is InChI=1S/C16H14ClNO5/c1-9-11-7-10(17)4-5-12(11)23-15(9)16(21)22-8-14(20)18-6-2-3-13(18)19/h4-5,7H,2-3,6,8H2,1H3. The number of ether oxygens (including phenoxy) is 1. The van der Waals surface area contributed by atoms with Crippen molar-refractivity contribution in [2.24, 2.45) is 0 Å². The van der Waals surface area contributed by atoms with Crippen LogP contribution in [0.15, 0.2) is 22.6 Å². The summed E-state index contributed by atoms with van der Waals surface area (Å²) in [6.45, 7) is 1.60. The van der Waals surface area contributed by atoms with Crippen molar-refractivity contribution in [1.82, 2.24) is 4.90 Å². The Kier molecular flexibility index (Phi) is 4.09. The summed E-state index contributed by atoms with van der Waals surface area (Å²) in [5.41, 5.74) is 1.11. The summed E-state index contributed by atoms with van der Waals surface area (Å²) in [6, 6.07) is 5.01. The van der Waals surface area contributed by atoms with Crippen molar-refractivity contribution in [2.75, 3.05) is 13.2 Å². The Morgan fingerprint density at radius 2 is 2.17 bits per heavy atom. The molecule has 0 radical (unpaired) electrons. The highest BCUT2D eigenvalue weighted by atomic mass is 35.5. The number of benzene rings is 1. The molecule has 1 saturated heterocycles. The minimum Gasteiger partial charge on any atom is -0.450 e. The molecule has 1 aromatic heterocycles. The maximum absolute atomic E-state index is 12.1. The van der Waals surface area contributed by atoms with E-state index in [1.165, 1.54) is 0 Å². The molecule has 6 nitrogen and oxygen atoms in total. The van der Waals surface area contributed by atoms with Gasteiger partial charge in [-0.25, -0.2) is 4.79 Å². The van der Waals surface area contributed by atoms with Crippen molar-refractivity contribution in [1.29, 1.82) is 0 Å². The van der Waals surface area contributed by atoms with Gasteiger partial charge in [-0.05, 0) is 31.5 Å². The van der Waals surface area contributed by atoms with E-state index in [0.717, 1.165) is 4.90 Å². The van der Waals surface area contributed by atoms with Gasteiger partial charge in [-0.1, -0.05) is 11.6 Å². The summed E-state index contributed by atoms with van der Waals surface area (Å²) in [5, 5.41) is 1.24. The van der Waals surface area contributed by atoms with Crippen molar-refractivity contribution in [2.45, 2.75) is 19.8 Å². The molecule has 1 fully saturated rings. The fraction of sp³-hybridized carbons (Fsp3) is 0.312. The number of carbonyl (C=O) groups is 3. The lowest BCUT2D eigenvalue weighted by molar-refractivity contribution is -0.143. The first kappa shape index (κ1) is 15.6. The molecular weight excluding hydrogens is 322 g/mol. The number of fused-ring (bicyclic) bond motifs is 1. The topological polar surface area (TPSA) is 76.8 Å². The van der Waals surface area contributed by atoms with Crippen molar-refractivity contribution in [3.63, 3.8) is 0 Å². The number of carbonyl (C=O) groups excluding carboxylic acids is 3. The Morgan fingerprint density at radius 1 is 1.39 bits per heavy atom. The Bertz CT molecular complexity index is 810. The van der Waals surface area contributed by atoms with Crippen molar-refractivity contribution >= 4 is 40.4 Å². The van der Waals surface area contributed by atoms with Gasteiger partial charge in [0.1, 0.15) is 5.58 Å². The van der Waals surface area contributed by atoms with Crippen LogP contribution in [0.5, 0.6) is 0 Å². The van der Waals surface area contributed by atoms with Gasteiger partial charge in [-0.2, -0.15) is 0 Å². The SMILES string of the molecule is Cc1c(C(=O)OCC(=O)N2CCCC2=O)oc2ccc(Cl)cc12. The van der Waals surface area contributed by atoms with Crippen LogP contribution in [0.25, 0.3) is 11.0 Å². The lowest BCUT2D eigenvalue weighted by atomic mass is 10.1. The zero-order valence-electron chi connectivity index (χ0n) is 12.4. The molecule has 3 rings (SSSR count). The molecule has 2 aromatic rings. The average Bonchev–Trinajstić information content (AvgIpc) is 3.09. The maximum atomic E-state index is 12.1. The van der Waals surface area contributed by atoms with Gasteiger partial charge in [0.2, 0.25) is 11.7 Å². The van der Waals surface area contributed by atoms with Gasteiger partial charge in [-0.3, -0.25) is 14.5 Å². The molecule has 0 atom stereocenters.